The maximum atomic E-state index is 14.8. The Balaban J connectivity index is 1.29. The van der Waals surface area contributed by atoms with Crippen molar-refractivity contribution in [2.45, 2.75) is 63.9 Å². The van der Waals surface area contributed by atoms with Crippen LogP contribution in [0.25, 0.3) is 22.0 Å². The average Bonchev–Trinajstić information content (AvgIpc) is 3.82. The Morgan fingerprint density at radius 3 is 2.65 bits per heavy atom. The molecule has 0 aromatic carbocycles. The van der Waals surface area contributed by atoms with Crippen molar-refractivity contribution in [2.24, 2.45) is 5.73 Å². The van der Waals surface area contributed by atoms with E-state index in [-0.39, 0.29) is 48.1 Å². The summed E-state index contributed by atoms with van der Waals surface area (Å²) in [4.78, 5) is 44.8. The van der Waals surface area contributed by atoms with E-state index in [4.69, 9.17) is 15.2 Å². The number of ether oxygens (including phenoxy) is 3. The molecule has 5 rings (SSSR count). The summed E-state index contributed by atoms with van der Waals surface area (Å²) in [6.45, 7) is 2.32. The molecule has 1 fully saturated rings. The van der Waals surface area contributed by atoms with Gasteiger partial charge in [-0.25, -0.2) is 19.0 Å². The van der Waals surface area contributed by atoms with Gasteiger partial charge in [0.1, 0.15) is 28.1 Å². The fourth-order valence-electron chi connectivity index (χ4n) is 4.97. The Hall–Kier alpha value is -4.61. The van der Waals surface area contributed by atoms with Gasteiger partial charge in [-0.2, -0.15) is 14.6 Å². The van der Waals surface area contributed by atoms with Gasteiger partial charge < -0.3 is 25.3 Å². The summed E-state index contributed by atoms with van der Waals surface area (Å²) >= 11 is 1.17. The minimum atomic E-state index is -1.18. The minimum absolute atomic E-state index is 0.00476. The molecule has 1 amide bonds. The number of pyridine rings is 1. The number of carbonyl (C=O) groups excluding carboxylic acids is 3. The van der Waals surface area contributed by atoms with Gasteiger partial charge in [0.15, 0.2) is 12.5 Å². The number of hydrogen-bond donors (Lipinski definition) is 2. The van der Waals surface area contributed by atoms with E-state index < -0.39 is 35.7 Å². The number of nitrogens with one attached hydrogen (secondary N) is 1. The van der Waals surface area contributed by atoms with Crippen LogP contribution < -0.4 is 11.1 Å². The number of nitrogens with two attached hydrogens (primary N) is 1. The van der Waals surface area contributed by atoms with Gasteiger partial charge in [-0.05, 0) is 44.7 Å². The zero-order chi connectivity index (χ0) is 32.8. The third kappa shape index (κ3) is 7.78. The van der Waals surface area contributed by atoms with Crippen molar-refractivity contribution in [1.82, 2.24) is 29.5 Å². The van der Waals surface area contributed by atoms with Gasteiger partial charge in [0.05, 0.1) is 37.6 Å². The molecule has 4 aromatic heterocycles. The van der Waals surface area contributed by atoms with Crippen LogP contribution in [0.15, 0.2) is 36.1 Å². The molecule has 3 N–H and O–H groups in total. The number of esters is 2. The molecule has 1 aliphatic rings. The number of carbonyl (C=O) groups is 3. The number of thiazole rings is 1. The Morgan fingerprint density at radius 2 is 1.91 bits per heavy atom. The van der Waals surface area contributed by atoms with E-state index >= 15 is 0 Å². The number of aromatic nitrogens is 6. The third-order valence-electron chi connectivity index (χ3n) is 7.31. The Morgan fingerprint density at radius 1 is 1.13 bits per heavy atom. The highest BCUT2D eigenvalue weighted by molar-refractivity contribution is 7.13. The van der Waals surface area contributed by atoms with Crippen LogP contribution in [-0.2, 0) is 30.5 Å². The summed E-state index contributed by atoms with van der Waals surface area (Å²) in [5, 5.41) is 13.4. The standard InChI is InChI=1S/C29H32F2N8O6S/c1-3-44-18-6-4-17(5-7-18)39-13-21(26(37-39)25-19(30)8-9-23(31)36-25)34-27(41)22-14-46-28(35-22)16-11-33-38(12-16)15-45-29(42)20(32)10-24(40)43-2/h8-9,11-14,17-18,20H,3-7,10,15,32H2,1-2H3,(H,34,41)/t17?,18?,20-/m0/s1. The predicted octanol–water partition coefficient (Wildman–Crippen LogP) is 3.71. The van der Waals surface area contributed by atoms with Crippen molar-refractivity contribution in [2.75, 3.05) is 19.0 Å². The molecule has 0 aliphatic heterocycles. The van der Waals surface area contributed by atoms with E-state index in [9.17, 15) is 23.2 Å². The highest BCUT2D eigenvalue weighted by Crippen LogP contribution is 2.34. The van der Waals surface area contributed by atoms with Crippen molar-refractivity contribution >= 4 is 34.9 Å². The first-order valence-electron chi connectivity index (χ1n) is 14.5. The molecular formula is C29H32F2N8O6S. The summed E-state index contributed by atoms with van der Waals surface area (Å²) < 4.78 is 47.2. The average molecular weight is 659 g/mol. The molecule has 17 heteroatoms. The van der Waals surface area contributed by atoms with E-state index in [0.29, 0.717) is 17.2 Å². The lowest BCUT2D eigenvalue weighted by Gasteiger charge is -2.28. The Labute approximate surface area is 265 Å². The molecular weight excluding hydrogens is 626 g/mol. The molecule has 4 aromatic rings. The summed E-state index contributed by atoms with van der Waals surface area (Å²) in [6, 6.07) is 0.661. The number of rotatable bonds is 12. The van der Waals surface area contributed by atoms with Gasteiger partial charge in [-0.1, -0.05) is 0 Å². The lowest BCUT2D eigenvalue weighted by Crippen LogP contribution is -2.35. The first-order chi connectivity index (χ1) is 22.1. The number of hydrogen-bond acceptors (Lipinski definition) is 12. The molecule has 1 aliphatic carbocycles. The minimum Gasteiger partial charge on any atom is -0.469 e. The second-order valence-corrected chi connectivity index (χ2v) is 11.3. The maximum Gasteiger partial charge on any atom is 0.325 e. The first kappa shape index (κ1) is 32.8. The van der Waals surface area contributed by atoms with E-state index in [1.54, 1.807) is 17.1 Å². The summed E-state index contributed by atoms with van der Waals surface area (Å²) in [6.07, 6.45) is 7.65. The number of amides is 1. The Kier molecular flexibility index (Phi) is 10.4. The summed E-state index contributed by atoms with van der Waals surface area (Å²) in [5.41, 5.74) is 6.09. The van der Waals surface area contributed by atoms with Crippen molar-refractivity contribution < 1.29 is 37.4 Å². The van der Waals surface area contributed by atoms with Gasteiger partial charge in [0.25, 0.3) is 5.91 Å². The molecule has 1 saturated carbocycles. The van der Waals surface area contributed by atoms with Crippen LogP contribution in [-0.4, -0.2) is 73.2 Å². The van der Waals surface area contributed by atoms with Crippen molar-refractivity contribution in [3.05, 3.63) is 53.6 Å². The first-order valence-corrected chi connectivity index (χ1v) is 15.3. The van der Waals surface area contributed by atoms with Crippen LogP contribution in [0.3, 0.4) is 0 Å². The lowest BCUT2D eigenvalue weighted by molar-refractivity contribution is -0.153. The molecule has 0 unspecified atom stereocenters. The SMILES string of the molecule is CCOC1CCC(n2cc(NC(=O)c3csc(-c4cnn(COC(=O)[C@@H](N)CC(=O)OC)c4)n3)c(-c3nc(F)ccc3F)n2)CC1. The zero-order valence-electron chi connectivity index (χ0n) is 25.0. The quantitative estimate of drug-likeness (QED) is 0.167. The van der Waals surface area contributed by atoms with E-state index in [2.05, 4.69) is 30.2 Å². The smallest absolute Gasteiger partial charge is 0.325 e. The third-order valence-corrected chi connectivity index (χ3v) is 8.20. The highest BCUT2D eigenvalue weighted by Gasteiger charge is 2.27. The maximum absolute atomic E-state index is 14.8. The lowest BCUT2D eigenvalue weighted by atomic mass is 9.93. The van der Waals surface area contributed by atoms with Crippen LogP contribution in [0, 0.1) is 11.8 Å². The number of methoxy groups -OCH3 is 1. The fourth-order valence-corrected chi connectivity index (χ4v) is 5.74. The monoisotopic (exact) mass is 658 g/mol. The molecule has 244 valence electrons. The van der Waals surface area contributed by atoms with E-state index in [1.807, 2.05) is 6.92 Å². The van der Waals surface area contributed by atoms with Crippen LogP contribution in [0.4, 0.5) is 14.5 Å². The van der Waals surface area contributed by atoms with Gasteiger partial charge in [0.2, 0.25) is 5.95 Å². The van der Waals surface area contributed by atoms with Crippen LogP contribution >= 0.6 is 11.3 Å². The largest absolute Gasteiger partial charge is 0.469 e. The van der Waals surface area contributed by atoms with Gasteiger partial charge >= 0.3 is 11.9 Å². The summed E-state index contributed by atoms with van der Waals surface area (Å²) in [5.74, 6) is -3.71. The normalized spacial score (nSPS) is 17.0. The topological polar surface area (TPSA) is 178 Å². The van der Waals surface area contributed by atoms with Crippen molar-refractivity contribution in [3.8, 4) is 22.0 Å². The Bertz CT molecular complexity index is 1700. The molecule has 46 heavy (non-hydrogen) atoms. The predicted molar refractivity (Wildman–Crippen MR) is 160 cm³/mol. The molecule has 0 bridgehead atoms. The van der Waals surface area contributed by atoms with Crippen molar-refractivity contribution in [3.63, 3.8) is 0 Å². The second-order valence-electron chi connectivity index (χ2n) is 10.5. The van der Waals surface area contributed by atoms with E-state index in [1.165, 1.54) is 34.7 Å². The number of anilines is 1. The molecule has 14 nitrogen and oxygen atoms in total. The van der Waals surface area contributed by atoms with Crippen LogP contribution in [0.2, 0.25) is 0 Å². The second kappa shape index (κ2) is 14.7. The van der Waals surface area contributed by atoms with Gasteiger partial charge in [-0.3, -0.25) is 19.1 Å². The number of halogens is 2. The molecule has 1 atom stereocenters. The molecule has 0 spiro atoms. The van der Waals surface area contributed by atoms with Crippen LogP contribution in [0.5, 0.6) is 0 Å². The van der Waals surface area contributed by atoms with E-state index in [0.717, 1.165) is 37.8 Å². The van der Waals surface area contributed by atoms with Crippen molar-refractivity contribution in [1.29, 1.82) is 0 Å². The summed E-state index contributed by atoms with van der Waals surface area (Å²) in [7, 11) is 1.19. The zero-order valence-corrected chi connectivity index (χ0v) is 25.8. The molecule has 0 saturated heterocycles. The molecule has 0 radical (unpaired) electrons. The molecule has 4 heterocycles. The van der Waals surface area contributed by atoms with Gasteiger partial charge in [0, 0.05) is 29.9 Å². The fraction of sp³-hybridized carbons (Fsp3) is 0.414. The van der Waals surface area contributed by atoms with Crippen LogP contribution in [0.1, 0.15) is 55.6 Å². The van der Waals surface area contributed by atoms with Gasteiger partial charge in [-0.15, -0.1) is 11.3 Å². The number of nitrogens with zero attached hydrogens (tertiary/aromatic N) is 6. The highest BCUT2D eigenvalue weighted by atomic mass is 32.1.